The summed E-state index contributed by atoms with van der Waals surface area (Å²) in [6.07, 6.45) is 4.86. The second-order valence-electron chi connectivity index (χ2n) is 9.66. The maximum absolute atomic E-state index is 12.8. The van der Waals surface area contributed by atoms with Crippen molar-refractivity contribution >= 4 is 40.1 Å². The van der Waals surface area contributed by atoms with Crippen molar-refractivity contribution in [2.24, 2.45) is 14.1 Å². The van der Waals surface area contributed by atoms with E-state index in [4.69, 9.17) is 16.6 Å². The predicted octanol–water partition coefficient (Wildman–Crippen LogP) is 2.98. The minimum absolute atomic E-state index is 0.122. The highest BCUT2D eigenvalue weighted by atomic mass is 35.5. The van der Waals surface area contributed by atoms with Crippen molar-refractivity contribution in [1.82, 2.24) is 28.9 Å². The van der Waals surface area contributed by atoms with Gasteiger partial charge in [-0.1, -0.05) is 11.6 Å². The minimum atomic E-state index is -0.868. The first-order chi connectivity index (χ1) is 16.6. The zero-order valence-corrected chi connectivity index (χ0v) is 21.0. The molecule has 1 aliphatic rings. The van der Waals surface area contributed by atoms with Gasteiger partial charge in [0.25, 0.3) is 0 Å². The zero-order valence-electron chi connectivity index (χ0n) is 20.3. The largest absolute Gasteiger partial charge is 0.390 e. The van der Waals surface area contributed by atoms with Crippen molar-refractivity contribution in [1.29, 1.82) is 0 Å². The fourth-order valence-electron chi connectivity index (χ4n) is 4.43. The molecule has 1 aliphatic heterocycles. The molecule has 0 fully saturated rings. The van der Waals surface area contributed by atoms with E-state index in [1.54, 1.807) is 36.2 Å². The SMILES string of the molecule is Cn1ncc2c1CN(c1ncc(Cl)c(Nc3ccc4c(c3)n(CCC(C)(C)O)c(=O)n4C)n1)CC2. The Hall–Kier alpha value is -3.37. The number of hydrogen-bond acceptors (Lipinski definition) is 7. The van der Waals surface area contributed by atoms with Crippen LogP contribution in [-0.4, -0.2) is 46.1 Å². The van der Waals surface area contributed by atoms with Crippen LogP contribution in [0.25, 0.3) is 11.0 Å². The van der Waals surface area contributed by atoms with Gasteiger partial charge in [0.05, 0.1) is 41.3 Å². The van der Waals surface area contributed by atoms with Crippen LogP contribution in [0.4, 0.5) is 17.5 Å². The number of aromatic nitrogens is 6. The molecule has 2 N–H and O–H groups in total. The third-order valence-electron chi connectivity index (χ3n) is 6.51. The Morgan fingerprint density at radius 2 is 2.00 bits per heavy atom. The number of anilines is 3. The highest BCUT2D eigenvalue weighted by molar-refractivity contribution is 6.32. The average molecular weight is 497 g/mol. The molecule has 11 heteroatoms. The summed E-state index contributed by atoms with van der Waals surface area (Å²) < 4.78 is 5.19. The van der Waals surface area contributed by atoms with Gasteiger partial charge in [-0.25, -0.2) is 9.78 Å². The van der Waals surface area contributed by atoms with Crippen molar-refractivity contribution in [3.05, 3.63) is 57.4 Å². The maximum atomic E-state index is 12.8. The van der Waals surface area contributed by atoms with E-state index in [1.165, 1.54) is 5.56 Å². The van der Waals surface area contributed by atoms with Gasteiger partial charge in [-0.15, -0.1) is 0 Å². The molecule has 4 heterocycles. The molecule has 5 rings (SSSR count). The summed E-state index contributed by atoms with van der Waals surface area (Å²) in [7, 11) is 3.69. The van der Waals surface area contributed by atoms with Gasteiger partial charge in [0.15, 0.2) is 5.82 Å². The second kappa shape index (κ2) is 8.69. The van der Waals surface area contributed by atoms with E-state index in [-0.39, 0.29) is 5.69 Å². The Balaban J connectivity index is 1.44. The topological polar surface area (TPSA) is 106 Å². The Morgan fingerprint density at radius 1 is 1.20 bits per heavy atom. The molecule has 0 amide bonds. The Labute approximate surface area is 207 Å². The quantitative estimate of drug-likeness (QED) is 0.422. The predicted molar refractivity (Wildman–Crippen MR) is 136 cm³/mol. The highest BCUT2D eigenvalue weighted by Gasteiger charge is 2.22. The third kappa shape index (κ3) is 4.51. The van der Waals surface area contributed by atoms with Gasteiger partial charge in [-0.2, -0.15) is 10.1 Å². The van der Waals surface area contributed by atoms with E-state index < -0.39 is 5.60 Å². The number of rotatable bonds is 6. The molecule has 35 heavy (non-hydrogen) atoms. The number of fused-ring (bicyclic) bond motifs is 2. The molecule has 10 nitrogen and oxygen atoms in total. The molecule has 1 aromatic carbocycles. The first kappa shape index (κ1) is 23.4. The molecular weight excluding hydrogens is 468 g/mol. The number of halogens is 1. The summed E-state index contributed by atoms with van der Waals surface area (Å²) >= 11 is 6.45. The normalized spacial score (nSPS) is 13.9. The van der Waals surface area contributed by atoms with Gasteiger partial charge in [0.1, 0.15) is 5.02 Å². The molecule has 0 saturated carbocycles. The standard InChI is InChI=1S/C24H29ClN8O2/c1-24(2,35)8-10-33-19-11-16(5-6-18(19)30(3)23(33)34)28-21-17(25)13-26-22(29-21)32-9-7-15-12-27-31(4)20(15)14-32/h5-6,11-13,35H,7-10,14H2,1-4H3,(H,26,28,29). The fourth-order valence-corrected chi connectivity index (χ4v) is 4.57. The van der Waals surface area contributed by atoms with E-state index in [9.17, 15) is 9.90 Å². The Morgan fingerprint density at radius 3 is 2.77 bits per heavy atom. The molecule has 0 bridgehead atoms. The number of nitrogens with zero attached hydrogens (tertiary/aromatic N) is 7. The molecule has 0 unspecified atom stereocenters. The number of aliphatic hydroxyl groups is 1. The van der Waals surface area contributed by atoms with E-state index in [2.05, 4.69) is 20.3 Å². The van der Waals surface area contributed by atoms with Crippen LogP contribution in [0, 0.1) is 0 Å². The number of nitrogens with one attached hydrogen (secondary N) is 1. The van der Waals surface area contributed by atoms with Crippen LogP contribution in [0.15, 0.2) is 35.4 Å². The number of aryl methyl sites for hydroxylation is 3. The van der Waals surface area contributed by atoms with Crippen LogP contribution in [0.2, 0.25) is 5.02 Å². The fraction of sp³-hybridized carbons (Fsp3) is 0.417. The van der Waals surface area contributed by atoms with E-state index in [1.807, 2.05) is 36.1 Å². The van der Waals surface area contributed by atoms with Gasteiger partial charge in [-0.05, 0) is 50.5 Å². The first-order valence-corrected chi connectivity index (χ1v) is 11.9. The molecule has 0 radical (unpaired) electrons. The molecule has 0 aliphatic carbocycles. The van der Waals surface area contributed by atoms with Crippen LogP contribution in [0.5, 0.6) is 0 Å². The van der Waals surface area contributed by atoms with Gasteiger partial charge in [0, 0.05) is 32.9 Å². The van der Waals surface area contributed by atoms with Gasteiger partial charge in [-0.3, -0.25) is 13.8 Å². The summed E-state index contributed by atoms with van der Waals surface area (Å²) in [6, 6.07) is 5.69. The lowest BCUT2D eigenvalue weighted by molar-refractivity contribution is 0.0662. The first-order valence-electron chi connectivity index (χ1n) is 11.6. The van der Waals surface area contributed by atoms with Crippen molar-refractivity contribution in [2.75, 3.05) is 16.8 Å². The molecular formula is C24H29ClN8O2. The summed E-state index contributed by atoms with van der Waals surface area (Å²) in [6.45, 7) is 5.36. The van der Waals surface area contributed by atoms with E-state index in [0.29, 0.717) is 36.3 Å². The van der Waals surface area contributed by atoms with Crippen LogP contribution >= 0.6 is 11.6 Å². The Bertz CT molecular complexity index is 1460. The van der Waals surface area contributed by atoms with Crippen LogP contribution in [0.1, 0.15) is 31.5 Å². The summed E-state index contributed by atoms with van der Waals surface area (Å²) in [5.74, 6) is 1.08. The van der Waals surface area contributed by atoms with Crippen LogP contribution in [-0.2, 0) is 33.6 Å². The van der Waals surface area contributed by atoms with E-state index in [0.717, 1.165) is 35.4 Å². The summed E-state index contributed by atoms with van der Waals surface area (Å²) in [5, 5.41) is 18.2. The average Bonchev–Trinajstić information content (AvgIpc) is 3.30. The van der Waals surface area contributed by atoms with Crippen molar-refractivity contribution < 1.29 is 5.11 Å². The lowest BCUT2D eigenvalue weighted by atomic mass is 10.1. The monoisotopic (exact) mass is 496 g/mol. The maximum Gasteiger partial charge on any atom is 0.328 e. The number of hydrogen-bond donors (Lipinski definition) is 2. The molecule has 0 atom stereocenters. The van der Waals surface area contributed by atoms with Crippen LogP contribution < -0.4 is 15.9 Å². The lowest BCUT2D eigenvalue weighted by Gasteiger charge is -2.27. The Kier molecular flexibility index (Phi) is 5.80. The van der Waals surface area contributed by atoms with Crippen molar-refractivity contribution in [3.63, 3.8) is 0 Å². The third-order valence-corrected chi connectivity index (χ3v) is 6.79. The smallest absolute Gasteiger partial charge is 0.328 e. The highest BCUT2D eigenvalue weighted by Crippen LogP contribution is 2.29. The summed E-state index contributed by atoms with van der Waals surface area (Å²) in [5.41, 5.74) is 3.75. The number of benzene rings is 1. The minimum Gasteiger partial charge on any atom is -0.390 e. The molecule has 184 valence electrons. The molecule has 0 saturated heterocycles. The van der Waals surface area contributed by atoms with Crippen molar-refractivity contribution in [3.8, 4) is 0 Å². The van der Waals surface area contributed by atoms with Gasteiger partial charge < -0.3 is 15.3 Å². The molecule has 3 aromatic heterocycles. The van der Waals surface area contributed by atoms with Gasteiger partial charge >= 0.3 is 5.69 Å². The lowest BCUT2D eigenvalue weighted by Crippen LogP contribution is -2.32. The van der Waals surface area contributed by atoms with Crippen LogP contribution in [0.3, 0.4) is 0 Å². The second-order valence-corrected chi connectivity index (χ2v) is 10.1. The van der Waals surface area contributed by atoms with E-state index >= 15 is 0 Å². The molecule has 4 aromatic rings. The molecule has 0 spiro atoms. The zero-order chi connectivity index (χ0) is 24.9. The number of imidazole rings is 1. The summed E-state index contributed by atoms with van der Waals surface area (Å²) in [4.78, 5) is 24.1. The van der Waals surface area contributed by atoms with Gasteiger partial charge in [0.2, 0.25) is 5.95 Å². The van der Waals surface area contributed by atoms with Crippen molar-refractivity contribution in [2.45, 2.75) is 45.4 Å².